The first kappa shape index (κ1) is 24.2. The van der Waals surface area contributed by atoms with Crippen LogP contribution in [0.15, 0.2) is 30.3 Å². The maximum Gasteiger partial charge on any atom is 0.220 e. The van der Waals surface area contributed by atoms with Crippen LogP contribution < -0.4 is 10.6 Å². The van der Waals surface area contributed by atoms with E-state index in [4.69, 9.17) is 0 Å². The van der Waals surface area contributed by atoms with Crippen molar-refractivity contribution in [2.24, 2.45) is 11.8 Å². The highest BCUT2D eigenvalue weighted by Gasteiger charge is 2.24. The summed E-state index contributed by atoms with van der Waals surface area (Å²) in [4.78, 5) is 14.9. The third kappa shape index (κ3) is 7.98. The van der Waals surface area contributed by atoms with E-state index in [-0.39, 0.29) is 30.7 Å². The van der Waals surface area contributed by atoms with E-state index in [1.165, 1.54) is 18.4 Å². The SMILES string of the molecule is CC(CC(=O)NC1CCN(Cc2ccccc2)CC1)C1CCCNC1.Cl.Cl. The van der Waals surface area contributed by atoms with Gasteiger partial charge in [-0.05, 0) is 56.2 Å². The van der Waals surface area contributed by atoms with Crippen molar-refractivity contribution in [3.8, 4) is 0 Å². The molecule has 2 atom stereocenters. The molecule has 6 heteroatoms. The van der Waals surface area contributed by atoms with E-state index in [2.05, 4.69) is 52.8 Å². The number of piperidine rings is 2. The number of carbonyl (C=O) groups excluding carboxylic acids is 1. The average Bonchev–Trinajstić information content (AvgIpc) is 2.65. The number of likely N-dealkylation sites (tertiary alicyclic amines) is 1. The zero-order chi connectivity index (χ0) is 17.5. The first-order valence-corrected chi connectivity index (χ1v) is 9.97. The number of hydrogen-bond donors (Lipinski definition) is 2. The van der Waals surface area contributed by atoms with Crippen molar-refractivity contribution in [3.63, 3.8) is 0 Å². The summed E-state index contributed by atoms with van der Waals surface area (Å²) >= 11 is 0. The van der Waals surface area contributed by atoms with Crippen LogP contribution in [0.3, 0.4) is 0 Å². The van der Waals surface area contributed by atoms with Gasteiger partial charge in [0.05, 0.1) is 0 Å². The van der Waals surface area contributed by atoms with Gasteiger partial charge in [-0.15, -0.1) is 24.8 Å². The number of carbonyl (C=O) groups is 1. The van der Waals surface area contributed by atoms with Gasteiger partial charge in [0, 0.05) is 32.1 Å². The van der Waals surface area contributed by atoms with Crippen LogP contribution in [0.25, 0.3) is 0 Å². The summed E-state index contributed by atoms with van der Waals surface area (Å²) in [7, 11) is 0. The van der Waals surface area contributed by atoms with Crippen molar-refractivity contribution in [3.05, 3.63) is 35.9 Å². The number of benzene rings is 1. The van der Waals surface area contributed by atoms with Crippen LogP contribution in [-0.2, 0) is 11.3 Å². The van der Waals surface area contributed by atoms with Gasteiger partial charge in [0.15, 0.2) is 0 Å². The maximum absolute atomic E-state index is 12.4. The Morgan fingerprint density at radius 2 is 1.89 bits per heavy atom. The van der Waals surface area contributed by atoms with E-state index in [9.17, 15) is 4.79 Å². The Kier molecular flexibility index (Phi) is 11.3. The van der Waals surface area contributed by atoms with Crippen LogP contribution >= 0.6 is 24.8 Å². The molecule has 4 nitrogen and oxygen atoms in total. The molecule has 2 aliphatic rings. The molecule has 0 bridgehead atoms. The first-order chi connectivity index (χ1) is 12.2. The number of amides is 1. The Hall–Kier alpha value is -0.810. The molecule has 1 aromatic carbocycles. The molecule has 1 amide bonds. The molecule has 2 N–H and O–H groups in total. The molecule has 154 valence electrons. The second-order valence-electron chi connectivity index (χ2n) is 7.89. The molecule has 2 heterocycles. The van der Waals surface area contributed by atoms with Crippen molar-refractivity contribution in [1.29, 1.82) is 0 Å². The Morgan fingerprint density at radius 3 is 2.52 bits per heavy atom. The highest BCUT2D eigenvalue weighted by Crippen LogP contribution is 2.22. The molecule has 2 unspecified atom stereocenters. The average molecular weight is 416 g/mol. The highest BCUT2D eigenvalue weighted by atomic mass is 35.5. The summed E-state index contributed by atoms with van der Waals surface area (Å²) in [5.41, 5.74) is 1.37. The summed E-state index contributed by atoms with van der Waals surface area (Å²) in [5, 5.41) is 6.75. The van der Waals surface area contributed by atoms with E-state index in [1.807, 2.05) is 0 Å². The zero-order valence-corrected chi connectivity index (χ0v) is 18.0. The Morgan fingerprint density at radius 1 is 1.19 bits per heavy atom. The maximum atomic E-state index is 12.4. The number of hydrogen-bond acceptors (Lipinski definition) is 3. The normalized spacial score (nSPS) is 22.2. The lowest BCUT2D eigenvalue weighted by Crippen LogP contribution is -2.45. The minimum absolute atomic E-state index is 0. The lowest BCUT2D eigenvalue weighted by atomic mass is 9.85. The van der Waals surface area contributed by atoms with Crippen LogP contribution in [0.4, 0.5) is 0 Å². The van der Waals surface area contributed by atoms with Gasteiger partial charge in [0.1, 0.15) is 0 Å². The second kappa shape index (κ2) is 12.6. The van der Waals surface area contributed by atoms with E-state index >= 15 is 0 Å². The van der Waals surface area contributed by atoms with Crippen molar-refractivity contribution in [2.75, 3.05) is 26.2 Å². The molecule has 0 spiro atoms. The van der Waals surface area contributed by atoms with E-state index in [0.717, 1.165) is 45.6 Å². The number of nitrogens with one attached hydrogen (secondary N) is 2. The molecule has 2 fully saturated rings. The lowest BCUT2D eigenvalue weighted by molar-refractivity contribution is -0.123. The second-order valence-corrected chi connectivity index (χ2v) is 7.89. The topological polar surface area (TPSA) is 44.4 Å². The third-order valence-electron chi connectivity index (χ3n) is 5.85. The molecule has 3 rings (SSSR count). The van der Waals surface area contributed by atoms with Gasteiger partial charge < -0.3 is 10.6 Å². The van der Waals surface area contributed by atoms with Gasteiger partial charge in [0.25, 0.3) is 0 Å². The van der Waals surface area contributed by atoms with Crippen LogP contribution in [0.5, 0.6) is 0 Å². The molecule has 2 aliphatic heterocycles. The van der Waals surface area contributed by atoms with Gasteiger partial charge in [-0.25, -0.2) is 0 Å². The van der Waals surface area contributed by atoms with Gasteiger partial charge in [0.2, 0.25) is 5.91 Å². The van der Waals surface area contributed by atoms with Crippen molar-refractivity contribution in [1.82, 2.24) is 15.5 Å². The molecule has 0 radical (unpaired) electrons. The first-order valence-electron chi connectivity index (χ1n) is 9.97. The molecule has 0 aromatic heterocycles. The van der Waals surface area contributed by atoms with Gasteiger partial charge in [-0.3, -0.25) is 9.69 Å². The van der Waals surface area contributed by atoms with E-state index in [0.29, 0.717) is 24.3 Å². The number of nitrogens with zero attached hydrogens (tertiary/aromatic N) is 1. The quantitative estimate of drug-likeness (QED) is 0.744. The molecule has 0 saturated carbocycles. The zero-order valence-electron chi connectivity index (χ0n) is 16.4. The standard InChI is InChI=1S/C21H33N3O.2ClH/c1-17(19-8-5-11-22-15-19)14-21(25)23-20-9-12-24(13-10-20)16-18-6-3-2-4-7-18;;/h2-4,6-7,17,19-20,22H,5,8-16H2,1H3,(H,23,25);2*1H. The fourth-order valence-electron chi connectivity index (χ4n) is 4.19. The summed E-state index contributed by atoms with van der Waals surface area (Å²) < 4.78 is 0. The summed E-state index contributed by atoms with van der Waals surface area (Å²) in [5.74, 6) is 1.39. The van der Waals surface area contributed by atoms with E-state index < -0.39 is 0 Å². The minimum atomic E-state index is 0. The highest BCUT2D eigenvalue weighted by molar-refractivity contribution is 5.85. The predicted octanol–water partition coefficient (Wildman–Crippen LogP) is 3.64. The van der Waals surface area contributed by atoms with Crippen molar-refractivity contribution < 1.29 is 4.79 Å². The van der Waals surface area contributed by atoms with Crippen molar-refractivity contribution >= 4 is 30.7 Å². The molecular formula is C21H35Cl2N3O. The molecular weight excluding hydrogens is 381 g/mol. The molecule has 2 saturated heterocycles. The predicted molar refractivity (Wildman–Crippen MR) is 117 cm³/mol. The van der Waals surface area contributed by atoms with Crippen LogP contribution in [-0.4, -0.2) is 43.0 Å². The number of halogens is 2. The molecule has 0 aliphatic carbocycles. The minimum Gasteiger partial charge on any atom is -0.353 e. The number of rotatable bonds is 6. The van der Waals surface area contributed by atoms with Crippen LogP contribution in [0, 0.1) is 11.8 Å². The summed E-state index contributed by atoms with van der Waals surface area (Å²) in [6.07, 6.45) is 5.32. The smallest absolute Gasteiger partial charge is 0.220 e. The molecule has 27 heavy (non-hydrogen) atoms. The van der Waals surface area contributed by atoms with Crippen molar-refractivity contribution in [2.45, 2.75) is 51.6 Å². The van der Waals surface area contributed by atoms with Gasteiger partial charge in [-0.2, -0.15) is 0 Å². The van der Waals surface area contributed by atoms with Crippen LogP contribution in [0.2, 0.25) is 0 Å². The fraction of sp³-hybridized carbons (Fsp3) is 0.667. The van der Waals surface area contributed by atoms with Gasteiger partial charge >= 0.3 is 0 Å². The van der Waals surface area contributed by atoms with E-state index in [1.54, 1.807) is 0 Å². The largest absolute Gasteiger partial charge is 0.353 e. The summed E-state index contributed by atoms with van der Waals surface area (Å²) in [6.45, 7) is 7.61. The lowest BCUT2D eigenvalue weighted by Gasteiger charge is -2.33. The fourth-order valence-corrected chi connectivity index (χ4v) is 4.19. The summed E-state index contributed by atoms with van der Waals surface area (Å²) in [6, 6.07) is 11.0. The van der Waals surface area contributed by atoms with Gasteiger partial charge in [-0.1, -0.05) is 37.3 Å². The molecule has 1 aromatic rings. The third-order valence-corrected chi connectivity index (χ3v) is 5.85. The Labute approximate surface area is 176 Å². The monoisotopic (exact) mass is 415 g/mol. The van der Waals surface area contributed by atoms with Crippen LogP contribution in [0.1, 0.15) is 44.6 Å². The Balaban J connectivity index is 0.00000182. The Bertz CT molecular complexity index is 529.